The smallest absolute Gasteiger partial charge is 0.169 e. The van der Waals surface area contributed by atoms with Crippen molar-refractivity contribution in [3.05, 3.63) is 23.8 Å². The van der Waals surface area contributed by atoms with E-state index in [-0.39, 0.29) is 0 Å². The van der Waals surface area contributed by atoms with Crippen LogP contribution in [0, 0.1) is 0 Å². The Labute approximate surface area is 79.2 Å². The number of aromatic nitrogens is 3. The fourth-order valence-corrected chi connectivity index (χ4v) is 1.55. The van der Waals surface area contributed by atoms with Crippen LogP contribution in [0.15, 0.2) is 23.8 Å². The van der Waals surface area contributed by atoms with E-state index in [1.54, 1.807) is 18.8 Å². The Morgan fingerprint density at radius 3 is 3.08 bits per heavy atom. The number of pyridine rings is 1. The third-order valence-electron chi connectivity index (χ3n) is 1.55. The van der Waals surface area contributed by atoms with Crippen LogP contribution in [0.5, 0.6) is 5.75 Å². The molecule has 2 aromatic heterocycles. The van der Waals surface area contributed by atoms with Crippen molar-refractivity contribution in [2.45, 2.75) is 0 Å². The number of hydrogen-bond acceptors (Lipinski definition) is 5. The summed E-state index contributed by atoms with van der Waals surface area (Å²) in [7, 11) is 1.61. The molecule has 0 atom stereocenters. The minimum atomic E-state index is 0.722. The van der Waals surface area contributed by atoms with Crippen LogP contribution in [-0.4, -0.2) is 22.3 Å². The largest absolute Gasteiger partial charge is 0.494 e. The quantitative estimate of drug-likeness (QED) is 0.727. The van der Waals surface area contributed by atoms with E-state index in [4.69, 9.17) is 4.74 Å². The summed E-state index contributed by atoms with van der Waals surface area (Å²) >= 11 is 1.44. The van der Waals surface area contributed by atoms with Crippen molar-refractivity contribution in [3.8, 4) is 16.5 Å². The molecule has 0 radical (unpaired) electrons. The van der Waals surface area contributed by atoms with Gasteiger partial charge in [0.25, 0.3) is 0 Å². The van der Waals surface area contributed by atoms with Crippen LogP contribution in [0.3, 0.4) is 0 Å². The van der Waals surface area contributed by atoms with Gasteiger partial charge in [0, 0.05) is 6.20 Å². The molecule has 13 heavy (non-hydrogen) atoms. The van der Waals surface area contributed by atoms with E-state index in [9.17, 15) is 0 Å². The van der Waals surface area contributed by atoms with Crippen LogP contribution in [0.4, 0.5) is 0 Å². The van der Waals surface area contributed by atoms with Gasteiger partial charge in [-0.1, -0.05) is 11.3 Å². The zero-order chi connectivity index (χ0) is 9.10. The van der Waals surface area contributed by atoms with Gasteiger partial charge in [0.15, 0.2) is 5.01 Å². The minimum Gasteiger partial charge on any atom is -0.494 e. The van der Waals surface area contributed by atoms with Gasteiger partial charge < -0.3 is 4.74 Å². The van der Waals surface area contributed by atoms with Gasteiger partial charge in [-0.2, -0.15) is 0 Å². The standard InChI is InChI=1S/C8H7N3OS/c1-12-6-3-2-4-9-7(6)8-11-10-5-13-8/h2-5H,1H3. The van der Waals surface area contributed by atoms with E-state index in [1.807, 2.05) is 12.1 Å². The number of rotatable bonds is 2. The van der Waals surface area contributed by atoms with Crippen LogP contribution in [0.1, 0.15) is 0 Å². The fraction of sp³-hybridized carbons (Fsp3) is 0.125. The Balaban J connectivity index is 2.51. The van der Waals surface area contributed by atoms with Gasteiger partial charge in [-0.25, -0.2) is 4.98 Å². The molecule has 2 aromatic rings. The first-order valence-corrected chi connectivity index (χ1v) is 4.55. The molecule has 0 bridgehead atoms. The van der Waals surface area contributed by atoms with Crippen molar-refractivity contribution in [3.63, 3.8) is 0 Å². The molecular formula is C8H7N3OS. The molecule has 0 N–H and O–H groups in total. The van der Waals surface area contributed by atoms with E-state index in [0.29, 0.717) is 0 Å². The lowest BCUT2D eigenvalue weighted by molar-refractivity contribution is 0.415. The zero-order valence-corrected chi connectivity index (χ0v) is 7.78. The second kappa shape index (κ2) is 3.49. The molecule has 0 saturated heterocycles. The number of nitrogens with zero attached hydrogens (tertiary/aromatic N) is 3. The average Bonchev–Trinajstić information content (AvgIpc) is 2.70. The highest BCUT2D eigenvalue weighted by Gasteiger charge is 2.08. The van der Waals surface area contributed by atoms with Gasteiger partial charge in [-0.05, 0) is 12.1 Å². The molecule has 2 rings (SSSR count). The van der Waals surface area contributed by atoms with Gasteiger partial charge in [0.2, 0.25) is 0 Å². The first-order chi connectivity index (χ1) is 6.42. The van der Waals surface area contributed by atoms with Crippen molar-refractivity contribution in [1.29, 1.82) is 0 Å². The summed E-state index contributed by atoms with van der Waals surface area (Å²) in [4.78, 5) is 4.17. The predicted octanol–water partition coefficient (Wildman–Crippen LogP) is 1.61. The molecule has 0 aliphatic carbocycles. The third kappa shape index (κ3) is 1.50. The van der Waals surface area contributed by atoms with Gasteiger partial charge in [-0.15, -0.1) is 10.2 Å². The predicted molar refractivity (Wildman–Crippen MR) is 49.7 cm³/mol. The van der Waals surface area contributed by atoms with Gasteiger partial charge in [0.05, 0.1) is 7.11 Å². The molecule has 0 aliphatic rings. The minimum absolute atomic E-state index is 0.722. The molecular weight excluding hydrogens is 186 g/mol. The Hall–Kier alpha value is -1.49. The molecule has 0 aliphatic heterocycles. The maximum absolute atomic E-state index is 5.15. The second-order valence-corrected chi connectivity index (χ2v) is 3.13. The highest BCUT2D eigenvalue weighted by molar-refractivity contribution is 7.12. The van der Waals surface area contributed by atoms with Gasteiger partial charge in [0.1, 0.15) is 17.0 Å². The lowest BCUT2D eigenvalue weighted by Gasteiger charge is -2.02. The van der Waals surface area contributed by atoms with Crippen molar-refractivity contribution in [2.75, 3.05) is 7.11 Å². The second-order valence-electron chi connectivity index (χ2n) is 2.30. The lowest BCUT2D eigenvalue weighted by atomic mass is 10.3. The summed E-state index contributed by atoms with van der Waals surface area (Å²) in [5.74, 6) is 0.722. The molecule has 66 valence electrons. The average molecular weight is 193 g/mol. The summed E-state index contributed by atoms with van der Waals surface area (Å²) in [6.45, 7) is 0. The first kappa shape index (κ1) is 8.12. The van der Waals surface area contributed by atoms with Crippen molar-refractivity contribution < 1.29 is 4.74 Å². The molecule has 4 nitrogen and oxygen atoms in total. The van der Waals surface area contributed by atoms with Gasteiger partial charge in [-0.3, -0.25) is 0 Å². The first-order valence-electron chi connectivity index (χ1n) is 3.67. The van der Waals surface area contributed by atoms with Crippen LogP contribution in [-0.2, 0) is 0 Å². The van der Waals surface area contributed by atoms with Crippen molar-refractivity contribution in [1.82, 2.24) is 15.2 Å². The molecule has 0 amide bonds. The van der Waals surface area contributed by atoms with Crippen LogP contribution >= 0.6 is 11.3 Å². The molecule has 0 fully saturated rings. The van der Waals surface area contributed by atoms with Gasteiger partial charge >= 0.3 is 0 Å². The SMILES string of the molecule is COc1cccnc1-c1nncs1. The van der Waals surface area contributed by atoms with Crippen LogP contribution in [0.2, 0.25) is 0 Å². The van der Waals surface area contributed by atoms with E-state index < -0.39 is 0 Å². The topological polar surface area (TPSA) is 47.9 Å². The van der Waals surface area contributed by atoms with Crippen LogP contribution in [0.25, 0.3) is 10.7 Å². The Morgan fingerprint density at radius 1 is 1.46 bits per heavy atom. The Kier molecular flexibility index (Phi) is 2.18. The van der Waals surface area contributed by atoms with E-state index in [2.05, 4.69) is 15.2 Å². The summed E-state index contributed by atoms with van der Waals surface area (Å²) in [5.41, 5.74) is 2.41. The van der Waals surface area contributed by atoms with E-state index in [1.165, 1.54) is 11.3 Å². The summed E-state index contributed by atoms with van der Waals surface area (Å²) in [6, 6.07) is 3.67. The summed E-state index contributed by atoms with van der Waals surface area (Å²) < 4.78 is 5.15. The molecule has 0 saturated carbocycles. The highest BCUT2D eigenvalue weighted by atomic mass is 32.1. The fourth-order valence-electron chi connectivity index (χ4n) is 0.992. The number of methoxy groups -OCH3 is 1. The normalized spacial score (nSPS) is 9.92. The third-order valence-corrected chi connectivity index (χ3v) is 2.25. The molecule has 0 aromatic carbocycles. The summed E-state index contributed by atoms with van der Waals surface area (Å²) in [6.07, 6.45) is 1.71. The summed E-state index contributed by atoms with van der Waals surface area (Å²) in [5, 5.41) is 8.44. The number of ether oxygens (including phenoxy) is 1. The van der Waals surface area contributed by atoms with Crippen molar-refractivity contribution >= 4 is 11.3 Å². The maximum Gasteiger partial charge on any atom is 0.169 e. The van der Waals surface area contributed by atoms with E-state index >= 15 is 0 Å². The Bertz CT molecular complexity index is 388. The highest BCUT2D eigenvalue weighted by Crippen LogP contribution is 2.27. The molecule has 2 heterocycles. The Morgan fingerprint density at radius 2 is 2.38 bits per heavy atom. The van der Waals surface area contributed by atoms with E-state index in [0.717, 1.165) is 16.5 Å². The molecule has 0 spiro atoms. The molecule has 5 heteroatoms. The van der Waals surface area contributed by atoms with Crippen molar-refractivity contribution in [2.24, 2.45) is 0 Å². The lowest BCUT2D eigenvalue weighted by Crippen LogP contribution is -1.89. The maximum atomic E-state index is 5.15. The van der Waals surface area contributed by atoms with Crippen LogP contribution < -0.4 is 4.74 Å². The monoisotopic (exact) mass is 193 g/mol. The molecule has 0 unspecified atom stereocenters. The zero-order valence-electron chi connectivity index (χ0n) is 6.97. The number of hydrogen-bond donors (Lipinski definition) is 0.